The third-order valence-corrected chi connectivity index (χ3v) is 6.69. The van der Waals surface area contributed by atoms with E-state index in [4.69, 9.17) is 16.0 Å². The Kier molecular flexibility index (Phi) is 6.16. The first-order valence-electron chi connectivity index (χ1n) is 10.7. The fourth-order valence-electron chi connectivity index (χ4n) is 4.62. The van der Waals surface area contributed by atoms with Crippen LogP contribution in [0.15, 0.2) is 45.6 Å². The van der Waals surface area contributed by atoms with Crippen molar-refractivity contribution >= 4 is 22.6 Å². The molecule has 0 radical (unpaired) electrons. The Bertz CT molecular complexity index is 1110. The lowest BCUT2D eigenvalue weighted by Crippen LogP contribution is -2.38. The molecule has 2 aromatic carbocycles. The van der Waals surface area contributed by atoms with Gasteiger partial charge in [-0.2, -0.15) is 0 Å². The Hall–Kier alpha value is -2.30. The summed E-state index contributed by atoms with van der Waals surface area (Å²) in [6, 6.07) is 12.1. The van der Waals surface area contributed by atoms with E-state index < -0.39 is 0 Å². The van der Waals surface area contributed by atoms with E-state index >= 15 is 0 Å². The highest BCUT2D eigenvalue weighted by Gasteiger charge is 2.25. The number of aromatic hydroxyl groups is 1. The predicted octanol–water partition coefficient (Wildman–Crippen LogP) is 5.82. The molecule has 4 rings (SSSR count). The number of piperidine rings is 1. The van der Waals surface area contributed by atoms with Crippen molar-refractivity contribution in [3.05, 3.63) is 74.1 Å². The van der Waals surface area contributed by atoms with Gasteiger partial charge in [0, 0.05) is 30.0 Å². The van der Waals surface area contributed by atoms with Gasteiger partial charge in [-0.1, -0.05) is 55.3 Å². The number of likely N-dealkylation sites (tertiary alicyclic amines) is 1. The zero-order valence-electron chi connectivity index (χ0n) is 17.6. The SMILES string of the molecule is CC[C@@H]1CCCCN1Cc1c(O)c(Cl)cc2c(C)c(Cc3ccccc3)c(=O)oc12. The molecule has 0 amide bonds. The van der Waals surface area contributed by atoms with Crippen molar-refractivity contribution < 1.29 is 9.52 Å². The van der Waals surface area contributed by atoms with Gasteiger partial charge in [-0.3, -0.25) is 4.90 Å². The Morgan fingerprint density at radius 3 is 2.70 bits per heavy atom. The summed E-state index contributed by atoms with van der Waals surface area (Å²) in [7, 11) is 0. The molecule has 1 aliphatic rings. The minimum Gasteiger partial charge on any atom is -0.506 e. The van der Waals surface area contributed by atoms with E-state index in [1.54, 1.807) is 6.07 Å². The minimum atomic E-state index is -0.350. The topological polar surface area (TPSA) is 53.7 Å². The zero-order chi connectivity index (χ0) is 21.3. The molecule has 158 valence electrons. The molecule has 1 atom stereocenters. The fourth-order valence-corrected chi connectivity index (χ4v) is 4.85. The summed E-state index contributed by atoms with van der Waals surface area (Å²) < 4.78 is 5.82. The molecule has 0 saturated carbocycles. The number of benzene rings is 2. The molecule has 1 fully saturated rings. The molecule has 3 aromatic rings. The van der Waals surface area contributed by atoms with E-state index in [-0.39, 0.29) is 11.4 Å². The van der Waals surface area contributed by atoms with Gasteiger partial charge >= 0.3 is 5.63 Å². The van der Waals surface area contributed by atoms with Gasteiger partial charge in [-0.15, -0.1) is 0 Å². The average molecular weight is 426 g/mol. The number of aryl methyl sites for hydroxylation is 1. The van der Waals surface area contributed by atoms with E-state index in [1.807, 2.05) is 37.3 Å². The number of phenolic OH excluding ortho intramolecular Hbond substituents is 1. The van der Waals surface area contributed by atoms with E-state index in [1.165, 1.54) is 6.42 Å². The smallest absolute Gasteiger partial charge is 0.340 e. The van der Waals surface area contributed by atoms with Crippen LogP contribution in [0.25, 0.3) is 11.0 Å². The molecule has 2 heterocycles. The Balaban J connectivity index is 1.81. The maximum atomic E-state index is 12.9. The predicted molar refractivity (Wildman–Crippen MR) is 121 cm³/mol. The summed E-state index contributed by atoms with van der Waals surface area (Å²) in [6.07, 6.45) is 5.08. The second-order valence-corrected chi connectivity index (χ2v) is 8.65. The van der Waals surface area contributed by atoms with Crippen molar-refractivity contribution in [2.45, 2.75) is 58.5 Å². The van der Waals surface area contributed by atoms with Crippen LogP contribution in [-0.4, -0.2) is 22.6 Å². The van der Waals surface area contributed by atoms with Crippen LogP contribution < -0.4 is 5.63 Å². The first-order valence-corrected chi connectivity index (χ1v) is 11.1. The zero-order valence-corrected chi connectivity index (χ0v) is 18.3. The second kappa shape index (κ2) is 8.83. The lowest BCUT2D eigenvalue weighted by Gasteiger charge is -2.35. The first-order chi connectivity index (χ1) is 14.5. The maximum absolute atomic E-state index is 12.9. The van der Waals surface area contributed by atoms with Crippen molar-refractivity contribution in [2.75, 3.05) is 6.54 Å². The van der Waals surface area contributed by atoms with E-state index in [9.17, 15) is 9.90 Å². The Morgan fingerprint density at radius 1 is 1.20 bits per heavy atom. The van der Waals surface area contributed by atoms with Crippen molar-refractivity contribution in [3.8, 4) is 5.75 Å². The quantitative estimate of drug-likeness (QED) is 0.523. The first kappa shape index (κ1) is 21.0. The summed E-state index contributed by atoms with van der Waals surface area (Å²) in [5, 5.41) is 11.8. The van der Waals surface area contributed by atoms with Crippen molar-refractivity contribution in [3.63, 3.8) is 0 Å². The van der Waals surface area contributed by atoms with E-state index in [2.05, 4.69) is 11.8 Å². The number of phenols is 1. The molecule has 1 aliphatic heterocycles. The van der Waals surface area contributed by atoms with E-state index in [0.29, 0.717) is 40.7 Å². The summed E-state index contributed by atoms with van der Waals surface area (Å²) in [6.45, 7) is 5.63. The molecule has 0 bridgehead atoms. The highest BCUT2D eigenvalue weighted by Crippen LogP contribution is 2.38. The molecule has 5 heteroatoms. The van der Waals surface area contributed by atoms with Gasteiger partial charge < -0.3 is 9.52 Å². The van der Waals surface area contributed by atoms with Crippen LogP contribution in [0.3, 0.4) is 0 Å². The van der Waals surface area contributed by atoms with Gasteiger partial charge in [0.1, 0.15) is 11.3 Å². The number of hydrogen-bond acceptors (Lipinski definition) is 4. The average Bonchev–Trinajstić information content (AvgIpc) is 2.76. The highest BCUT2D eigenvalue weighted by molar-refractivity contribution is 6.33. The number of rotatable bonds is 5. The lowest BCUT2D eigenvalue weighted by molar-refractivity contribution is 0.135. The monoisotopic (exact) mass is 425 g/mol. The maximum Gasteiger partial charge on any atom is 0.340 e. The summed E-state index contributed by atoms with van der Waals surface area (Å²) in [4.78, 5) is 15.3. The summed E-state index contributed by atoms with van der Waals surface area (Å²) >= 11 is 6.42. The molecule has 0 unspecified atom stereocenters. The largest absolute Gasteiger partial charge is 0.506 e. The number of hydrogen-bond donors (Lipinski definition) is 1. The molecular weight excluding hydrogens is 398 g/mol. The standard InChI is InChI=1S/C25H28ClNO3/c1-3-18-11-7-8-12-27(18)15-21-23(28)22(26)14-19-16(2)20(25(29)30-24(19)21)13-17-9-5-4-6-10-17/h4-6,9-10,14,18,28H,3,7-8,11-13,15H2,1-2H3/t18-/m1/s1. The van der Waals surface area contributed by atoms with Crippen LogP contribution in [0.4, 0.5) is 0 Å². The van der Waals surface area contributed by atoms with Gasteiger partial charge in [-0.05, 0) is 49.9 Å². The minimum absolute atomic E-state index is 0.0166. The van der Waals surface area contributed by atoms with Crippen LogP contribution in [0.1, 0.15) is 54.9 Å². The second-order valence-electron chi connectivity index (χ2n) is 8.25. The third kappa shape index (κ3) is 3.99. The van der Waals surface area contributed by atoms with Gasteiger partial charge in [0.15, 0.2) is 0 Å². The van der Waals surface area contributed by atoms with Gasteiger partial charge in [0.25, 0.3) is 0 Å². The van der Waals surface area contributed by atoms with Crippen molar-refractivity contribution in [1.29, 1.82) is 0 Å². The van der Waals surface area contributed by atoms with Gasteiger partial charge in [0.2, 0.25) is 0 Å². The van der Waals surface area contributed by atoms with Crippen LogP contribution in [0.2, 0.25) is 5.02 Å². The molecular formula is C25H28ClNO3. The molecule has 0 aliphatic carbocycles. The summed E-state index contributed by atoms with van der Waals surface area (Å²) in [5.41, 5.74) is 3.26. The molecule has 1 saturated heterocycles. The van der Waals surface area contributed by atoms with Crippen LogP contribution in [-0.2, 0) is 13.0 Å². The lowest BCUT2D eigenvalue weighted by atomic mass is 9.96. The normalized spacial score (nSPS) is 17.5. The van der Waals surface area contributed by atoms with Crippen molar-refractivity contribution in [2.24, 2.45) is 0 Å². The molecule has 0 spiro atoms. The highest BCUT2D eigenvalue weighted by atomic mass is 35.5. The summed E-state index contributed by atoms with van der Waals surface area (Å²) in [5.74, 6) is 0.0166. The molecule has 30 heavy (non-hydrogen) atoms. The number of halogens is 1. The van der Waals surface area contributed by atoms with E-state index in [0.717, 1.165) is 42.3 Å². The molecule has 4 nitrogen and oxygen atoms in total. The Morgan fingerprint density at radius 2 is 1.97 bits per heavy atom. The number of fused-ring (bicyclic) bond motifs is 1. The van der Waals surface area contributed by atoms with Crippen LogP contribution >= 0.6 is 11.6 Å². The van der Waals surface area contributed by atoms with Crippen molar-refractivity contribution in [1.82, 2.24) is 4.90 Å². The molecule has 1 N–H and O–H groups in total. The third-order valence-electron chi connectivity index (χ3n) is 6.40. The Labute approximate surface area is 182 Å². The molecule has 1 aromatic heterocycles. The van der Waals surface area contributed by atoms with Crippen LogP contribution in [0.5, 0.6) is 5.75 Å². The van der Waals surface area contributed by atoms with Crippen LogP contribution in [0, 0.1) is 6.92 Å². The fraction of sp³-hybridized carbons (Fsp3) is 0.400. The number of nitrogens with zero attached hydrogens (tertiary/aromatic N) is 1. The van der Waals surface area contributed by atoms with Gasteiger partial charge in [-0.25, -0.2) is 4.79 Å². The van der Waals surface area contributed by atoms with Gasteiger partial charge in [0.05, 0.1) is 10.6 Å².